The van der Waals surface area contributed by atoms with Gasteiger partial charge in [0, 0.05) is 12.6 Å². The second-order valence-corrected chi connectivity index (χ2v) is 2.30. The van der Waals surface area contributed by atoms with Crippen LogP contribution in [0.2, 0.25) is 0 Å². The van der Waals surface area contributed by atoms with E-state index >= 15 is 0 Å². The smallest absolute Gasteiger partial charge is 0.280 e. The number of nitrogens with zero attached hydrogens (tertiary/aromatic N) is 2. The summed E-state index contributed by atoms with van der Waals surface area (Å²) in [5.41, 5.74) is -0.276. The quantitative estimate of drug-likeness (QED) is 0.729. The Morgan fingerprint density at radius 3 is 2.92 bits per heavy atom. The van der Waals surface area contributed by atoms with Crippen LogP contribution in [0.5, 0.6) is 0 Å². The number of alkyl halides is 2. The number of anilines is 1. The summed E-state index contributed by atoms with van der Waals surface area (Å²) in [7, 11) is 0. The third kappa shape index (κ3) is 2.77. The largest absolute Gasteiger partial charge is 0.367 e. The predicted molar refractivity (Wildman–Crippen MR) is 45.7 cm³/mol. The van der Waals surface area contributed by atoms with Crippen LogP contribution in [0, 0.1) is 0 Å². The average Bonchev–Trinajstić information content (AvgIpc) is 2.15. The topological polar surface area (TPSA) is 37.8 Å². The molecule has 0 atom stereocenters. The summed E-state index contributed by atoms with van der Waals surface area (Å²) in [5, 5.41) is 2.79. The molecule has 0 spiro atoms. The number of rotatable bonds is 4. The highest BCUT2D eigenvalue weighted by atomic mass is 19.3. The molecule has 1 heterocycles. The zero-order valence-electron chi connectivity index (χ0n) is 6.87. The second-order valence-electron chi connectivity index (χ2n) is 2.30. The number of nitrogens with one attached hydrogen (secondary N) is 1. The minimum absolute atomic E-state index is 0.276. The van der Waals surface area contributed by atoms with Gasteiger partial charge in [-0.15, -0.1) is 6.58 Å². The van der Waals surface area contributed by atoms with Crippen LogP contribution < -0.4 is 5.32 Å². The molecule has 0 saturated carbocycles. The third-order valence-corrected chi connectivity index (χ3v) is 1.34. The average molecular weight is 185 g/mol. The molecule has 1 aromatic rings. The van der Waals surface area contributed by atoms with E-state index in [9.17, 15) is 8.78 Å². The van der Waals surface area contributed by atoms with Crippen LogP contribution in [0.4, 0.5) is 14.6 Å². The van der Waals surface area contributed by atoms with Crippen LogP contribution in [0.25, 0.3) is 0 Å². The molecule has 0 aliphatic heterocycles. The normalized spacial score (nSPS) is 10.1. The van der Waals surface area contributed by atoms with E-state index in [1.54, 1.807) is 6.08 Å². The summed E-state index contributed by atoms with van der Waals surface area (Å²) in [5.74, 6) is 0.380. The second kappa shape index (κ2) is 4.49. The molecule has 13 heavy (non-hydrogen) atoms. The number of hydrogen-bond donors (Lipinski definition) is 1. The van der Waals surface area contributed by atoms with E-state index in [1.807, 2.05) is 0 Å². The molecule has 1 N–H and O–H groups in total. The lowest BCUT2D eigenvalue weighted by Crippen LogP contribution is -2.02. The van der Waals surface area contributed by atoms with Crippen molar-refractivity contribution in [2.75, 3.05) is 11.9 Å². The zero-order chi connectivity index (χ0) is 9.68. The van der Waals surface area contributed by atoms with Crippen LogP contribution in [0.1, 0.15) is 12.1 Å². The molecule has 0 saturated heterocycles. The first-order chi connectivity index (χ1) is 6.24. The molecule has 0 fully saturated rings. The summed E-state index contributed by atoms with van der Waals surface area (Å²) in [4.78, 5) is 7.18. The van der Waals surface area contributed by atoms with Crippen molar-refractivity contribution in [1.82, 2.24) is 9.97 Å². The molecule has 5 heteroatoms. The molecule has 0 aromatic carbocycles. The first-order valence-corrected chi connectivity index (χ1v) is 3.69. The standard InChI is InChI=1S/C8H9F2N3/c1-2-3-11-7-4-6(8(9)10)12-5-13-7/h2,4-5,8H,1,3H2,(H,11,12,13). The summed E-state index contributed by atoms with van der Waals surface area (Å²) < 4.78 is 24.3. The summed E-state index contributed by atoms with van der Waals surface area (Å²) in [6.07, 6.45) is 0.157. The Morgan fingerprint density at radius 2 is 2.31 bits per heavy atom. The van der Waals surface area contributed by atoms with Crippen molar-refractivity contribution in [2.45, 2.75) is 6.43 Å². The van der Waals surface area contributed by atoms with Crippen LogP contribution in [-0.4, -0.2) is 16.5 Å². The van der Waals surface area contributed by atoms with Crippen LogP contribution >= 0.6 is 0 Å². The molecular formula is C8H9F2N3. The molecule has 1 aromatic heterocycles. The fraction of sp³-hybridized carbons (Fsp3) is 0.250. The highest BCUT2D eigenvalue weighted by molar-refractivity contribution is 5.35. The van der Waals surface area contributed by atoms with Gasteiger partial charge in [0.2, 0.25) is 0 Å². The van der Waals surface area contributed by atoms with E-state index < -0.39 is 6.43 Å². The van der Waals surface area contributed by atoms with E-state index in [0.717, 1.165) is 6.33 Å². The number of halogens is 2. The van der Waals surface area contributed by atoms with E-state index in [1.165, 1.54) is 6.07 Å². The zero-order valence-corrected chi connectivity index (χ0v) is 6.87. The lowest BCUT2D eigenvalue weighted by atomic mass is 10.4. The van der Waals surface area contributed by atoms with Crippen molar-refractivity contribution in [1.29, 1.82) is 0 Å². The first-order valence-electron chi connectivity index (χ1n) is 3.69. The fourth-order valence-electron chi connectivity index (χ4n) is 0.765. The Morgan fingerprint density at radius 1 is 1.54 bits per heavy atom. The molecule has 0 aliphatic rings. The molecule has 0 unspecified atom stereocenters. The predicted octanol–water partition coefficient (Wildman–Crippen LogP) is 2.01. The van der Waals surface area contributed by atoms with E-state index in [2.05, 4.69) is 21.9 Å². The Kier molecular flexibility index (Phi) is 3.31. The number of hydrogen-bond acceptors (Lipinski definition) is 3. The summed E-state index contributed by atoms with van der Waals surface area (Å²) >= 11 is 0. The van der Waals surface area contributed by atoms with E-state index in [-0.39, 0.29) is 5.69 Å². The Balaban J connectivity index is 2.73. The van der Waals surface area contributed by atoms with Gasteiger partial charge in [0.1, 0.15) is 17.8 Å². The maximum absolute atomic E-state index is 12.1. The highest BCUT2D eigenvalue weighted by Crippen LogP contribution is 2.17. The van der Waals surface area contributed by atoms with Gasteiger partial charge < -0.3 is 5.32 Å². The van der Waals surface area contributed by atoms with Crippen molar-refractivity contribution >= 4 is 5.82 Å². The minimum Gasteiger partial charge on any atom is -0.367 e. The van der Waals surface area contributed by atoms with Gasteiger partial charge in [-0.3, -0.25) is 0 Å². The highest BCUT2D eigenvalue weighted by Gasteiger charge is 2.08. The van der Waals surface area contributed by atoms with Crippen molar-refractivity contribution in [3.63, 3.8) is 0 Å². The van der Waals surface area contributed by atoms with Gasteiger partial charge in [-0.05, 0) is 0 Å². The van der Waals surface area contributed by atoms with Crippen molar-refractivity contribution in [2.24, 2.45) is 0 Å². The molecule has 1 rings (SSSR count). The fourth-order valence-corrected chi connectivity index (χ4v) is 0.765. The van der Waals surface area contributed by atoms with E-state index in [0.29, 0.717) is 12.4 Å². The molecule has 0 amide bonds. The van der Waals surface area contributed by atoms with E-state index in [4.69, 9.17) is 0 Å². The molecule has 70 valence electrons. The monoisotopic (exact) mass is 185 g/mol. The maximum atomic E-state index is 12.1. The van der Waals surface area contributed by atoms with Gasteiger partial charge in [-0.25, -0.2) is 18.7 Å². The number of aromatic nitrogens is 2. The Bertz CT molecular complexity index is 288. The van der Waals surface area contributed by atoms with Gasteiger partial charge in [-0.2, -0.15) is 0 Å². The lowest BCUT2D eigenvalue weighted by molar-refractivity contribution is 0.146. The molecule has 0 bridgehead atoms. The molecule has 3 nitrogen and oxygen atoms in total. The van der Waals surface area contributed by atoms with Crippen molar-refractivity contribution < 1.29 is 8.78 Å². The molecule has 0 radical (unpaired) electrons. The summed E-state index contributed by atoms with van der Waals surface area (Å²) in [6, 6.07) is 1.22. The molecule has 0 aliphatic carbocycles. The van der Waals surface area contributed by atoms with Gasteiger partial charge in [0.25, 0.3) is 6.43 Å². The van der Waals surface area contributed by atoms with Crippen molar-refractivity contribution in [3.8, 4) is 0 Å². The van der Waals surface area contributed by atoms with Crippen LogP contribution in [0.3, 0.4) is 0 Å². The third-order valence-electron chi connectivity index (χ3n) is 1.34. The maximum Gasteiger partial charge on any atom is 0.280 e. The lowest BCUT2D eigenvalue weighted by Gasteiger charge is -2.03. The van der Waals surface area contributed by atoms with Gasteiger partial charge in [0.15, 0.2) is 0 Å². The van der Waals surface area contributed by atoms with Gasteiger partial charge in [-0.1, -0.05) is 6.08 Å². The van der Waals surface area contributed by atoms with Crippen molar-refractivity contribution in [3.05, 3.63) is 30.7 Å². The van der Waals surface area contributed by atoms with Crippen LogP contribution in [-0.2, 0) is 0 Å². The van der Waals surface area contributed by atoms with Gasteiger partial charge >= 0.3 is 0 Å². The Hall–Kier alpha value is -1.52. The van der Waals surface area contributed by atoms with Gasteiger partial charge in [0.05, 0.1) is 0 Å². The first kappa shape index (κ1) is 9.57. The summed E-state index contributed by atoms with van der Waals surface area (Å²) in [6.45, 7) is 3.97. The Labute approximate surface area is 74.5 Å². The molecular weight excluding hydrogens is 176 g/mol. The minimum atomic E-state index is -2.56. The van der Waals surface area contributed by atoms with Crippen LogP contribution in [0.15, 0.2) is 25.0 Å². The SMILES string of the molecule is C=CCNc1cc(C(F)F)ncn1.